The standard InChI is InChI=1S/C31H37N3O4/c1-37-28-14-12-27(13-15-28)24-34(30(35)23-26-10-6-3-7-11-26)29(22-25-8-4-2-5-9-25)31(36)32-16-17-33-18-20-38-21-19-33/h2-15,29H,16-24H2,1H3,(H,32,36)/t29-/m1/s1. The second-order valence-corrected chi connectivity index (χ2v) is 9.48. The molecule has 1 atom stereocenters. The van der Waals surface area contributed by atoms with E-state index in [-0.39, 0.29) is 18.2 Å². The summed E-state index contributed by atoms with van der Waals surface area (Å²) in [5.74, 6) is 0.519. The predicted octanol–water partition coefficient (Wildman–Crippen LogP) is 3.33. The molecule has 0 unspecified atom stereocenters. The van der Waals surface area contributed by atoms with Gasteiger partial charge in [0.05, 0.1) is 26.7 Å². The minimum absolute atomic E-state index is 0.0868. The van der Waals surface area contributed by atoms with Gasteiger partial charge in [0.2, 0.25) is 11.8 Å². The Morgan fingerprint density at radius 3 is 2.16 bits per heavy atom. The Balaban J connectivity index is 1.56. The van der Waals surface area contributed by atoms with E-state index >= 15 is 0 Å². The number of nitrogens with zero attached hydrogens (tertiary/aromatic N) is 2. The number of hydrogen-bond donors (Lipinski definition) is 1. The van der Waals surface area contributed by atoms with Gasteiger partial charge in [0.25, 0.3) is 0 Å². The Morgan fingerprint density at radius 2 is 1.53 bits per heavy atom. The van der Waals surface area contributed by atoms with Gasteiger partial charge in [0.15, 0.2) is 0 Å². The lowest BCUT2D eigenvalue weighted by atomic mass is 10.0. The van der Waals surface area contributed by atoms with Crippen LogP contribution in [0.1, 0.15) is 16.7 Å². The summed E-state index contributed by atoms with van der Waals surface area (Å²) in [5.41, 5.74) is 2.86. The highest BCUT2D eigenvalue weighted by Crippen LogP contribution is 2.19. The van der Waals surface area contributed by atoms with Gasteiger partial charge in [-0.05, 0) is 28.8 Å². The largest absolute Gasteiger partial charge is 0.497 e. The van der Waals surface area contributed by atoms with E-state index in [0.29, 0.717) is 32.7 Å². The molecule has 0 aromatic heterocycles. The van der Waals surface area contributed by atoms with E-state index in [4.69, 9.17) is 9.47 Å². The fourth-order valence-corrected chi connectivity index (χ4v) is 4.63. The van der Waals surface area contributed by atoms with Crippen LogP contribution in [0.5, 0.6) is 5.75 Å². The molecule has 1 heterocycles. The summed E-state index contributed by atoms with van der Waals surface area (Å²) in [6.07, 6.45) is 0.657. The van der Waals surface area contributed by atoms with Crippen LogP contribution >= 0.6 is 0 Å². The third-order valence-corrected chi connectivity index (χ3v) is 6.81. The van der Waals surface area contributed by atoms with Crippen LogP contribution in [0.4, 0.5) is 0 Å². The number of ether oxygens (including phenoxy) is 2. The van der Waals surface area contributed by atoms with Crippen molar-refractivity contribution in [3.8, 4) is 5.75 Å². The first-order chi connectivity index (χ1) is 18.6. The van der Waals surface area contributed by atoms with Crippen LogP contribution in [0.15, 0.2) is 84.9 Å². The number of methoxy groups -OCH3 is 1. The lowest BCUT2D eigenvalue weighted by molar-refractivity contribution is -0.140. The van der Waals surface area contributed by atoms with E-state index in [0.717, 1.165) is 42.1 Å². The van der Waals surface area contributed by atoms with Gasteiger partial charge in [-0.1, -0.05) is 72.8 Å². The molecule has 38 heavy (non-hydrogen) atoms. The molecule has 0 aliphatic carbocycles. The topological polar surface area (TPSA) is 71.1 Å². The van der Waals surface area contributed by atoms with E-state index in [1.165, 1.54) is 0 Å². The predicted molar refractivity (Wildman–Crippen MR) is 148 cm³/mol. The Labute approximate surface area is 225 Å². The number of carbonyl (C=O) groups is 2. The smallest absolute Gasteiger partial charge is 0.243 e. The van der Waals surface area contributed by atoms with Crippen molar-refractivity contribution in [2.45, 2.75) is 25.4 Å². The molecule has 1 aliphatic heterocycles. The first kappa shape index (κ1) is 27.4. The number of benzene rings is 3. The molecular weight excluding hydrogens is 478 g/mol. The number of morpholine rings is 1. The summed E-state index contributed by atoms with van der Waals surface area (Å²) in [5, 5.41) is 3.12. The highest BCUT2D eigenvalue weighted by molar-refractivity contribution is 5.88. The van der Waals surface area contributed by atoms with Crippen LogP contribution in [0, 0.1) is 0 Å². The normalized spacial score (nSPS) is 14.4. The quantitative estimate of drug-likeness (QED) is 0.401. The van der Waals surface area contributed by atoms with Crippen molar-refractivity contribution in [2.75, 3.05) is 46.5 Å². The van der Waals surface area contributed by atoms with Crippen LogP contribution < -0.4 is 10.1 Å². The summed E-state index contributed by atoms with van der Waals surface area (Å²) in [4.78, 5) is 31.5. The average molecular weight is 516 g/mol. The number of rotatable bonds is 12. The van der Waals surface area contributed by atoms with Gasteiger partial charge >= 0.3 is 0 Å². The molecule has 0 spiro atoms. The van der Waals surface area contributed by atoms with Crippen LogP contribution in [0.25, 0.3) is 0 Å². The van der Waals surface area contributed by atoms with Crippen LogP contribution in [-0.4, -0.2) is 74.2 Å². The Kier molecular flexibility index (Phi) is 10.3. The van der Waals surface area contributed by atoms with Gasteiger partial charge < -0.3 is 19.7 Å². The summed E-state index contributed by atoms with van der Waals surface area (Å²) in [7, 11) is 1.63. The zero-order valence-corrected chi connectivity index (χ0v) is 22.1. The van der Waals surface area contributed by atoms with Crippen molar-refractivity contribution in [3.63, 3.8) is 0 Å². The third-order valence-electron chi connectivity index (χ3n) is 6.81. The molecule has 2 amide bonds. The first-order valence-electron chi connectivity index (χ1n) is 13.2. The Morgan fingerprint density at radius 1 is 0.895 bits per heavy atom. The molecule has 1 N–H and O–H groups in total. The van der Waals surface area contributed by atoms with Crippen LogP contribution in [0.2, 0.25) is 0 Å². The molecule has 4 rings (SSSR count). The van der Waals surface area contributed by atoms with Crippen molar-refractivity contribution in [1.29, 1.82) is 0 Å². The van der Waals surface area contributed by atoms with Crippen LogP contribution in [0.3, 0.4) is 0 Å². The summed E-state index contributed by atoms with van der Waals surface area (Å²) >= 11 is 0. The number of carbonyl (C=O) groups excluding carboxylic acids is 2. The molecule has 3 aromatic carbocycles. The summed E-state index contributed by atoms with van der Waals surface area (Å²) < 4.78 is 10.7. The average Bonchev–Trinajstić information content (AvgIpc) is 2.96. The van der Waals surface area contributed by atoms with E-state index < -0.39 is 6.04 Å². The zero-order valence-electron chi connectivity index (χ0n) is 22.1. The molecule has 1 fully saturated rings. The minimum Gasteiger partial charge on any atom is -0.497 e. The van der Waals surface area contributed by atoms with Gasteiger partial charge in [-0.15, -0.1) is 0 Å². The van der Waals surface area contributed by atoms with Crippen molar-refractivity contribution >= 4 is 11.8 Å². The summed E-state index contributed by atoms with van der Waals surface area (Å²) in [6, 6.07) is 26.5. The monoisotopic (exact) mass is 515 g/mol. The summed E-state index contributed by atoms with van der Waals surface area (Å²) in [6.45, 7) is 4.76. The van der Waals surface area contributed by atoms with Crippen molar-refractivity contribution < 1.29 is 19.1 Å². The lowest BCUT2D eigenvalue weighted by Crippen LogP contribution is -2.52. The fraction of sp³-hybridized carbons (Fsp3) is 0.355. The SMILES string of the molecule is COc1ccc(CN(C(=O)Cc2ccccc2)[C@H](Cc2ccccc2)C(=O)NCCN2CCOCC2)cc1. The maximum atomic E-state index is 13.8. The highest BCUT2D eigenvalue weighted by atomic mass is 16.5. The lowest BCUT2D eigenvalue weighted by Gasteiger charge is -2.32. The van der Waals surface area contributed by atoms with Crippen molar-refractivity contribution in [2.24, 2.45) is 0 Å². The molecule has 1 aliphatic rings. The number of nitrogens with one attached hydrogen (secondary N) is 1. The van der Waals surface area contributed by atoms with Gasteiger partial charge in [-0.25, -0.2) is 0 Å². The van der Waals surface area contributed by atoms with Crippen molar-refractivity contribution in [1.82, 2.24) is 15.1 Å². The fourth-order valence-electron chi connectivity index (χ4n) is 4.63. The molecule has 200 valence electrons. The van der Waals surface area contributed by atoms with Gasteiger partial charge in [-0.2, -0.15) is 0 Å². The van der Waals surface area contributed by atoms with E-state index in [2.05, 4.69) is 10.2 Å². The van der Waals surface area contributed by atoms with Gasteiger partial charge in [0.1, 0.15) is 11.8 Å². The maximum Gasteiger partial charge on any atom is 0.243 e. The Hall–Kier alpha value is -3.68. The number of amides is 2. The van der Waals surface area contributed by atoms with E-state index in [1.54, 1.807) is 12.0 Å². The molecule has 7 nitrogen and oxygen atoms in total. The van der Waals surface area contributed by atoms with Gasteiger partial charge in [0, 0.05) is 39.1 Å². The van der Waals surface area contributed by atoms with Crippen LogP contribution in [-0.2, 0) is 33.7 Å². The van der Waals surface area contributed by atoms with E-state index in [1.807, 2.05) is 84.9 Å². The molecule has 0 saturated carbocycles. The van der Waals surface area contributed by atoms with E-state index in [9.17, 15) is 9.59 Å². The van der Waals surface area contributed by atoms with Crippen molar-refractivity contribution in [3.05, 3.63) is 102 Å². The molecule has 1 saturated heterocycles. The number of hydrogen-bond acceptors (Lipinski definition) is 5. The highest BCUT2D eigenvalue weighted by Gasteiger charge is 2.30. The Bertz CT molecular complexity index is 1130. The van der Waals surface area contributed by atoms with Gasteiger partial charge in [-0.3, -0.25) is 14.5 Å². The minimum atomic E-state index is -0.652. The molecular formula is C31H37N3O4. The first-order valence-corrected chi connectivity index (χ1v) is 13.2. The second-order valence-electron chi connectivity index (χ2n) is 9.48. The third kappa shape index (κ3) is 8.16. The molecule has 7 heteroatoms. The zero-order chi connectivity index (χ0) is 26.6. The second kappa shape index (κ2) is 14.3. The molecule has 3 aromatic rings. The maximum absolute atomic E-state index is 13.8. The molecule has 0 bridgehead atoms. The molecule has 0 radical (unpaired) electrons.